The van der Waals surface area contributed by atoms with Gasteiger partial charge in [-0.25, -0.2) is 4.39 Å². The molecular weight excluding hydrogens is 169 g/mol. The van der Waals surface area contributed by atoms with Gasteiger partial charge in [-0.15, -0.1) is 0 Å². The van der Waals surface area contributed by atoms with Gasteiger partial charge in [0, 0.05) is 0 Å². The molecule has 0 radical (unpaired) electrons. The van der Waals surface area contributed by atoms with Crippen molar-refractivity contribution in [3.05, 3.63) is 35.6 Å². The van der Waals surface area contributed by atoms with E-state index >= 15 is 0 Å². The highest BCUT2D eigenvalue weighted by atomic mass is 19.1. The van der Waals surface area contributed by atoms with Gasteiger partial charge in [-0.3, -0.25) is 4.79 Å². The Balaban J connectivity index is 2.71. The van der Waals surface area contributed by atoms with Crippen LogP contribution in [0.3, 0.4) is 0 Å². The number of hydrogen-bond acceptors (Lipinski definition) is 2. The first kappa shape index (κ1) is 9.86. The topological polar surface area (TPSA) is 29.1 Å². The van der Waals surface area contributed by atoms with Gasteiger partial charge in [0.25, 0.3) is 0 Å². The number of carbonyl (C=O) groups excluding carboxylic acids is 1. The summed E-state index contributed by atoms with van der Waals surface area (Å²) in [6.45, 7) is 2.80. The minimum atomic E-state index is -0.453. The third-order valence-corrected chi connectivity index (χ3v) is 1.71. The molecule has 0 aromatic heterocycles. The van der Waals surface area contributed by atoms with E-state index in [0.29, 0.717) is 6.54 Å². The van der Waals surface area contributed by atoms with Gasteiger partial charge in [-0.2, -0.15) is 0 Å². The Bertz CT molecular complexity index is 299. The van der Waals surface area contributed by atoms with Gasteiger partial charge in [-0.1, -0.05) is 19.1 Å². The van der Waals surface area contributed by atoms with Gasteiger partial charge in [0.15, 0.2) is 5.78 Å². The standard InChI is InChI=1S/C10H12FNO/c1-2-12-7-10(13)8-5-3-4-6-9(8)11/h3-6,12H,2,7H2,1H3. The lowest BCUT2D eigenvalue weighted by molar-refractivity contribution is 0.0988. The molecule has 0 bridgehead atoms. The highest BCUT2D eigenvalue weighted by Gasteiger charge is 2.08. The van der Waals surface area contributed by atoms with E-state index in [0.717, 1.165) is 0 Å². The van der Waals surface area contributed by atoms with Crippen LogP contribution in [0.5, 0.6) is 0 Å². The molecule has 0 aliphatic rings. The van der Waals surface area contributed by atoms with Crippen LogP contribution in [-0.2, 0) is 0 Å². The summed E-state index contributed by atoms with van der Waals surface area (Å²) >= 11 is 0. The fourth-order valence-corrected chi connectivity index (χ4v) is 1.02. The van der Waals surface area contributed by atoms with Gasteiger partial charge in [0.1, 0.15) is 5.82 Å². The Labute approximate surface area is 76.8 Å². The van der Waals surface area contributed by atoms with Crippen LogP contribution < -0.4 is 5.32 Å². The zero-order valence-electron chi connectivity index (χ0n) is 7.51. The van der Waals surface area contributed by atoms with E-state index in [1.54, 1.807) is 12.1 Å². The summed E-state index contributed by atoms with van der Waals surface area (Å²) in [5.74, 6) is -0.662. The maximum Gasteiger partial charge on any atom is 0.179 e. The molecule has 1 aromatic rings. The number of Topliss-reactive ketones (excluding diaryl/α,β-unsaturated/α-hetero) is 1. The highest BCUT2D eigenvalue weighted by molar-refractivity contribution is 5.97. The maximum absolute atomic E-state index is 13.0. The summed E-state index contributed by atoms with van der Waals surface area (Å²) in [5.41, 5.74) is 0.156. The van der Waals surface area contributed by atoms with E-state index < -0.39 is 5.82 Å². The van der Waals surface area contributed by atoms with Crippen LogP contribution in [0.15, 0.2) is 24.3 Å². The summed E-state index contributed by atoms with van der Waals surface area (Å²) in [6, 6.07) is 6.01. The third-order valence-electron chi connectivity index (χ3n) is 1.71. The van der Waals surface area contributed by atoms with Crippen molar-refractivity contribution in [2.24, 2.45) is 0 Å². The normalized spacial score (nSPS) is 10.0. The van der Waals surface area contributed by atoms with Gasteiger partial charge < -0.3 is 5.32 Å². The first-order valence-corrected chi connectivity index (χ1v) is 4.24. The van der Waals surface area contributed by atoms with Gasteiger partial charge in [0.05, 0.1) is 12.1 Å². The van der Waals surface area contributed by atoms with Gasteiger partial charge in [-0.05, 0) is 18.7 Å². The quantitative estimate of drug-likeness (QED) is 0.715. The molecule has 0 fully saturated rings. The molecule has 0 aliphatic heterocycles. The number of likely N-dealkylation sites (N-methyl/N-ethyl adjacent to an activating group) is 1. The van der Waals surface area contributed by atoms with Crippen molar-refractivity contribution in [1.29, 1.82) is 0 Å². The first-order chi connectivity index (χ1) is 6.25. The molecule has 1 N–H and O–H groups in total. The molecule has 2 nitrogen and oxygen atoms in total. The van der Waals surface area contributed by atoms with Crippen LogP contribution in [0.4, 0.5) is 4.39 Å². The minimum Gasteiger partial charge on any atom is -0.310 e. The second kappa shape index (κ2) is 4.72. The zero-order chi connectivity index (χ0) is 9.68. The maximum atomic E-state index is 13.0. The Morgan fingerprint density at radius 3 is 2.77 bits per heavy atom. The van der Waals surface area contributed by atoms with E-state index in [2.05, 4.69) is 5.32 Å². The fourth-order valence-electron chi connectivity index (χ4n) is 1.02. The van der Waals surface area contributed by atoms with Crippen molar-refractivity contribution in [3.63, 3.8) is 0 Å². The molecule has 13 heavy (non-hydrogen) atoms. The fraction of sp³-hybridized carbons (Fsp3) is 0.300. The third kappa shape index (κ3) is 2.63. The Morgan fingerprint density at radius 1 is 1.46 bits per heavy atom. The molecule has 0 atom stereocenters. The SMILES string of the molecule is CCNCC(=O)c1ccccc1F. The van der Waals surface area contributed by atoms with E-state index in [1.165, 1.54) is 12.1 Å². The smallest absolute Gasteiger partial charge is 0.179 e. The lowest BCUT2D eigenvalue weighted by atomic mass is 10.1. The van der Waals surface area contributed by atoms with Crippen LogP contribution in [0.1, 0.15) is 17.3 Å². The Morgan fingerprint density at radius 2 is 2.15 bits per heavy atom. The molecule has 0 amide bonds. The van der Waals surface area contributed by atoms with Gasteiger partial charge >= 0.3 is 0 Å². The van der Waals surface area contributed by atoms with Crippen molar-refractivity contribution >= 4 is 5.78 Å². The number of hydrogen-bond donors (Lipinski definition) is 1. The van der Waals surface area contributed by atoms with Crippen molar-refractivity contribution in [2.45, 2.75) is 6.92 Å². The number of ketones is 1. The molecule has 0 unspecified atom stereocenters. The first-order valence-electron chi connectivity index (χ1n) is 4.24. The number of halogens is 1. The molecule has 0 spiro atoms. The highest BCUT2D eigenvalue weighted by Crippen LogP contribution is 2.06. The number of carbonyl (C=O) groups is 1. The zero-order valence-corrected chi connectivity index (χ0v) is 7.51. The van der Waals surface area contributed by atoms with E-state index in [-0.39, 0.29) is 17.9 Å². The molecule has 1 rings (SSSR count). The van der Waals surface area contributed by atoms with Crippen molar-refractivity contribution in [2.75, 3.05) is 13.1 Å². The molecule has 0 saturated heterocycles. The average Bonchev–Trinajstić information content (AvgIpc) is 2.15. The Kier molecular flexibility index (Phi) is 3.58. The molecular formula is C10H12FNO. The van der Waals surface area contributed by atoms with Crippen LogP contribution in [0.2, 0.25) is 0 Å². The molecule has 1 aromatic carbocycles. The summed E-state index contributed by atoms with van der Waals surface area (Å²) in [4.78, 5) is 11.3. The second-order valence-corrected chi connectivity index (χ2v) is 2.68. The summed E-state index contributed by atoms with van der Waals surface area (Å²) in [5, 5.41) is 2.86. The van der Waals surface area contributed by atoms with E-state index in [9.17, 15) is 9.18 Å². The van der Waals surface area contributed by atoms with Crippen molar-refractivity contribution in [1.82, 2.24) is 5.32 Å². The largest absolute Gasteiger partial charge is 0.310 e. The summed E-state index contributed by atoms with van der Waals surface area (Å²) in [6.07, 6.45) is 0. The van der Waals surface area contributed by atoms with E-state index in [4.69, 9.17) is 0 Å². The second-order valence-electron chi connectivity index (χ2n) is 2.68. The molecule has 70 valence electrons. The van der Waals surface area contributed by atoms with E-state index in [1.807, 2.05) is 6.92 Å². The molecule has 0 aliphatic carbocycles. The summed E-state index contributed by atoms with van der Waals surface area (Å²) in [7, 11) is 0. The number of benzene rings is 1. The molecule has 3 heteroatoms. The lowest BCUT2D eigenvalue weighted by Gasteiger charge is -2.01. The molecule has 0 saturated carbocycles. The monoisotopic (exact) mass is 181 g/mol. The summed E-state index contributed by atoms with van der Waals surface area (Å²) < 4.78 is 13.0. The van der Waals surface area contributed by atoms with Crippen LogP contribution >= 0.6 is 0 Å². The predicted octanol–water partition coefficient (Wildman–Crippen LogP) is 1.62. The average molecular weight is 181 g/mol. The predicted molar refractivity (Wildman–Crippen MR) is 49.3 cm³/mol. The van der Waals surface area contributed by atoms with Crippen LogP contribution in [0.25, 0.3) is 0 Å². The number of rotatable bonds is 4. The van der Waals surface area contributed by atoms with Gasteiger partial charge in [0.2, 0.25) is 0 Å². The minimum absolute atomic E-state index is 0.156. The lowest BCUT2D eigenvalue weighted by Crippen LogP contribution is -2.23. The van der Waals surface area contributed by atoms with Crippen molar-refractivity contribution < 1.29 is 9.18 Å². The van der Waals surface area contributed by atoms with Crippen molar-refractivity contribution in [3.8, 4) is 0 Å². The van der Waals surface area contributed by atoms with Crippen LogP contribution in [-0.4, -0.2) is 18.9 Å². The Hall–Kier alpha value is -1.22. The number of nitrogens with one attached hydrogen (secondary N) is 1. The molecule has 0 heterocycles. The van der Waals surface area contributed by atoms with Crippen LogP contribution in [0, 0.1) is 5.82 Å².